The zero-order chi connectivity index (χ0) is 14.5. The Labute approximate surface area is 117 Å². The van der Waals surface area contributed by atoms with Crippen LogP contribution in [0.2, 0.25) is 0 Å². The summed E-state index contributed by atoms with van der Waals surface area (Å²) in [5.41, 5.74) is 1.71. The van der Waals surface area contributed by atoms with E-state index in [1.54, 1.807) is 11.6 Å². The van der Waals surface area contributed by atoms with Crippen LogP contribution >= 0.6 is 0 Å². The summed E-state index contributed by atoms with van der Waals surface area (Å²) in [6.45, 7) is 4.81. The molecule has 1 N–H and O–H groups in total. The fraction of sp³-hybridized carbons (Fsp3) is 0.357. The fourth-order valence-corrected chi connectivity index (χ4v) is 2.16. The van der Waals surface area contributed by atoms with Gasteiger partial charge < -0.3 is 5.32 Å². The first kappa shape index (κ1) is 14.0. The molecule has 6 heteroatoms. The highest BCUT2D eigenvalue weighted by Crippen LogP contribution is 2.27. The fourth-order valence-electron chi connectivity index (χ4n) is 2.16. The molecule has 0 aliphatic heterocycles. The number of anilines is 1. The van der Waals surface area contributed by atoms with Crippen LogP contribution in [0, 0.1) is 17.0 Å². The van der Waals surface area contributed by atoms with Crippen molar-refractivity contribution in [2.45, 2.75) is 26.8 Å². The molecule has 20 heavy (non-hydrogen) atoms. The third-order valence-electron chi connectivity index (χ3n) is 3.13. The Morgan fingerprint density at radius 2 is 2.05 bits per heavy atom. The van der Waals surface area contributed by atoms with E-state index >= 15 is 0 Å². The Kier molecular flexibility index (Phi) is 4.34. The topological polar surface area (TPSA) is 73.0 Å². The molecular weight excluding hydrogens is 256 g/mol. The SMILES string of the molecule is CCn1nc(C)c([N+](=O)[O-])c1NCCc1ccccc1. The lowest BCUT2D eigenvalue weighted by molar-refractivity contribution is -0.384. The molecule has 0 spiro atoms. The largest absolute Gasteiger partial charge is 0.364 e. The highest BCUT2D eigenvalue weighted by atomic mass is 16.6. The summed E-state index contributed by atoms with van der Waals surface area (Å²) in [6, 6.07) is 10.0. The Bertz CT molecular complexity index is 593. The lowest BCUT2D eigenvalue weighted by Crippen LogP contribution is -2.11. The molecule has 0 fully saturated rings. The molecule has 6 nitrogen and oxygen atoms in total. The minimum atomic E-state index is -0.376. The van der Waals surface area contributed by atoms with Gasteiger partial charge in [-0.3, -0.25) is 10.1 Å². The predicted molar refractivity (Wildman–Crippen MR) is 77.9 cm³/mol. The maximum absolute atomic E-state index is 11.1. The summed E-state index contributed by atoms with van der Waals surface area (Å²) in [5.74, 6) is 0.492. The predicted octanol–water partition coefficient (Wildman–Crippen LogP) is 2.77. The van der Waals surface area contributed by atoms with Crippen LogP contribution in [0.5, 0.6) is 0 Å². The quantitative estimate of drug-likeness (QED) is 0.649. The molecule has 106 valence electrons. The van der Waals surface area contributed by atoms with Crippen molar-refractivity contribution in [3.63, 3.8) is 0 Å². The van der Waals surface area contributed by atoms with E-state index in [0.717, 1.165) is 6.42 Å². The molecule has 0 aliphatic rings. The van der Waals surface area contributed by atoms with Crippen molar-refractivity contribution in [1.82, 2.24) is 9.78 Å². The van der Waals surface area contributed by atoms with Crippen molar-refractivity contribution in [2.24, 2.45) is 0 Å². The molecule has 1 aromatic carbocycles. The van der Waals surface area contributed by atoms with E-state index in [4.69, 9.17) is 0 Å². The van der Waals surface area contributed by atoms with Crippen LogP contribution < -0.4 is 5.32 Å². The third-order valence-corrected chi connectivity index (χ3v) is 3.13. The maximum Gasteiger partial charge on any atom is 0.333 e. The Morgan fingerprint density at radius 3 is 2.65 bits per heavy atom. The molecule has 0 unspecified atom stereocenters. The number of nitrogens with one attached hydrogen (secondary N) is 1. The highest BCUT2D eigenvalue weighted by Gasteiger charge is 2.24. The molecule has 0 saturated carbocycles. The summed E-state index contributed by atoms with van der Waals surface area (Å²) >= 11 is 0. The number of rotatable bonds is 6. The van der Waals surface area contributed by atoms with Crippen molar-refractivity contribution in [1.29, 1.82) is 0 Å². The molecule has 1 heterocycles. The Hall–Kier alpha value is -2.37. The van der Waals surface area contributed by atoms with Gasteiger partial charge in [0.2, 0.25) is 5.82 Å². The van der Waals surface area contributed by atoms with E-state index in [1.807, 2.05) is 37.3 Å². The second-order valence-corrected chi connectivity index (χ2v) is 4.52. The van der Waals surface area contributed by atoms with Gasteiger partial charge in [-0.15, -0.1) is 0 Å². The number of aryl methyl sites for hydroxylation is 2. The van der Waals surface area contributed by atoms with Gasteiger partial charge in [0.15, 0.2) is 0 Å². The Balaban J connectivity index is 2.10. The van der Waals surface area contributed by atoms with Crippen molar-refractivity contribution < 1.29 is 4.92 Å². The van der Waals surface area contributed by atoms with Gasteiger partial charge in [0.05, 0.1) is 4.92 Å². The van der Waals surface area contributed by atoms with Crippen molar-refractivity contribution in [2.75, 3.05) is 11.9 Å². The van der Waals surface area contributed by atoms with E-state index in [-0.39, 0.29) is 10.6 Å². The minimum Gasteiger partial charge on any atom is -0.364 e. The van der Waals surface area contributed by atoms with Crippen molar-refractivity contribution in [3.05, 3.63) is 51.7 Å². The molecule has 0 amide bonds. The number of benzene rings is 1. The van der Waals surface area contributed by atoms with Gasteiger partial charge in [0, 0.05) is 13.1 Å². The summed E-state index contributed by atoms with van der Waals surface area (Å²) in [5, 5.41) is 18.4. The summed E-state index contributed by atoms with van der Waals surface area (Å²) in [4.78, 5) is 10.7. The average Bonchev–Trinajstić information content (AvgIpc) is 2.76. The summed E-state index contributed by atoms with van der Waals surface area (Å²) < 4.78 is 1.64. The van der Waals surface area contributed by atoms with E-state index in [9.17, 15) is 10.1 Å². The molecule has 1 aromatic heterocycles. The van der Waals surface area contributed by atoms with E-state index in [2.05, 4.69) is 10.4 Å². The van der Waals surface area contributed by atoms with Gasteiger partial charge in [-0.2, -0.15) is 5.10 Å². The van der Waals surface area contributed by atoms with Gasteiger partial charge in [-0.25, -0.2) is 4.68 Å². The first-order valence-corrected chi connectivity index (χ1v) is 6.63. The lowest BCUT2D eigenvalue weighted by Gasteiger charge is -2.07. The normalized spacial score (nSPS) is 10.5. The monoisotopic (exact) mass is 274 g/mol. The van der Waals surface area contributed by atoms with Crippen LogP contribution in [-0.4, -0.2) is 21.2 Å². The highest BCUT2D eigenvalue weighted by molar-refractivity contribution is 5.59. The second-order valence-electron chi connectivity index (χ2n) is 4.52. The van der Waals surface area contributed by atoms with Gasteiger partial charge in [0.1, 0.15) is 5.69 Å². The standard InChI is InChI=1S/C14H18N4O2/c1-3-17-14(13(18(19)20)11(2)16-17)15-10-9-12-7-5-4-6-8-12/h4-8,15H,3,9-10H2,1-2H3. The van der Waals surface area contributed by atoms with E-state index < -0.39 is 0 Å². The van der Waals surface area contributed by atoms with Gasteiger partial charge >= 0.3 is 5.69 Å². The van der Waals surface area contributed by atoms with Crippen LogP contribution in [0.4, 0.5) is 11.5 Å². The third kappa shape index (κ3) is 2.96. The molecule has 2 aromatic rings. The molecule has 0 atom stereocenters. The summed E-state index contributed by atoms with van der Waals surface area (Å²) in [6.07, 6.45) is 0.811. The zero-order valence-electron chi connectivity index (χ0n) is 11.7. The molecule has 0 bridgehead atoms. The van der Waals surface area contributed by atoms with Crippen molar-refractivity contribution >= 4 is 11.5 Å². The van der Waals surface area contributed by atoms with Crippen LogP contribution in [-0.2, 0) is 13.0 Å². The van der Waals surface area contributed by atoms with Crippen LogP contribution in [0.25, 0.3) is 0 Å². The first-order chi connectivity index (χ1) is 9.63. The van der Waals surface area contributed by atoms with E-state index in [1.165, 1.54) is 5.56 Å². The number of nitro groups is 1. The number of nitrogens with zero attached hydrogens (tertiary/aromatic N) is 3. The average molecular weight is 274 g/mol. The lowest BCUT2D eigenvalue weighted by atomic mass is 10.1. The first-order valence-electron chi connectivity index (χ1n) is 6.63. The molecule has 0 aliphatic carbocycles. The molecule has 0 radical (unpaired) electrons. The van der Waals surface area contributed by atoms with Gasteiger partial charge in [0.25, 0.3) is 0 Å². The van der Waals surface area contributed by atoms with Crippen LogP contribution in [0.1, 0.15) is 18.2 Å². The maximum atomic E-state index is 11.1. The molecular formula is C14H18N4O2. The van der Waals surface area contributed by atoms with Crippen molar-refractivity contribution in [3.8, 4) is 0 Å². The minimum absolute atomic E-state index is 0.0694. The summed E-state index contributed by atoms with van der Waals surface area (Å²) in [7, 11) is 0. The zero-order valence-corrected chi connectivity index (χ0v) is 11.7. The molecule has 0 saturated heterocycles. The van der Waals surface area contributed by atoms with Gasteiger partial charge in [-0.1, -0.05) is 30.3 Å². The van der Waals surface area contributed by atoms with E-state index in [0.29, 0.717) is 24.6 Å². The van der Waals surface area contributed by atoms with Gasteiger partial charge in [-0.05, 0) is 25.8 Å². The second kappa shape index (κ2) is 6.18. The van der Waals surface area contributed by atoms with Crippen LogP contribution in [0.15, 0.2) is 30.3 Å². The van der Waals surface area contributed by atoms with Crippen LogP contribution in [0.3, 0.4) is 0 Å². The number of aromatic nitrogens is 2. The Morgan fingerprint density at radius 1 is 1.35 bits per heavy atom. The molecule has 2 rings (SSSR count). The smallest absolute Gasteiger partial charge is 0.333 e. The number of hydrogen-bond acceptors (Lipinski definition) is 4. The number of hydrogen-bond donors (Lipinski definition) is 1.